The lowest BCUT2D eigenvalue weighted by atomic mass is 10.1. The van der Waals surface area contributed by atoms with Crippen molar-refractivity contribution >= 4 is 10.9 Å². The number of pyridine rings is 1. The lowest BCUT2D eigenvalue weighted by Gasteiger charge is -2.11. The number of nitrogens with one attached hydrogen (secondary N) is 1. The monoisotopic (exact) mass is 284 g/mol. The minimum atomic E-state index is -4.68. The molecule has 0 unspecified atom stereocenters. The molecule has 0 aliphatic heterocycles. The molecular weight excluding hydrogens is 269 g/mol. The van der Waals surface area contributed by atoms with Gasteiger partial charge in [-0.25, -0.2) is 0 Å². The molecule has 0 fully saturated rings. The van der Waals surface area contributed by atoms with Crippen molar-refractivity contribution in [2.45, 2.75) is 19.7 Å². The number of nitrogens with zero attached hydrogens (tertiary/aromatic N) is 1. The van der Waals surface area contributed by atoms with Gasteiger partial charge in [0.05, 0.1) is 5.52 Å². The van der Waals surface area contributed by atoms with Gasteiger partial charge in [0.25, 0.3) is 0 Å². The highest BCUT2D eigenvalue weighted by atomic mass is 19.4. The summed E-state index contributed by atoms with van der Waals surface area (Å²) in [6.07, 6.45) is -3.91. The number of aryl methyl sites for hydroxylation is 1. The van der Waals surface area contributed by atoms with Gasteiger partial charge in [0.1, 0.15) is 5.75 Å². The van der Waals surface area contributed by atoms with Crippen molar-refractivity contribution in [1.29, 1.82) is 0 Å². The third-order valence-electron chi connectivity index (χ3n) is 2.96. The van der Waals surface area contributed by atoms with Crippen LogP contribution in [0.15, 0.2) is 24.3 Å². The molecule has 2 aromatic rings. The second-order valence-corrected chi connectivity index (χ2v) is 4.49. The summed E-state index contributed by atoms with van der Waals surface area (Å²) in [6, 6.07) is 6.02. The third kappa shape index (κ3) is 3.60. The van der Waals surface area contributed by atoms with E-state index in [1.807, 2.05) is 20.0 Å². The summed E-state index contributed by atoms with van der Waals surface area (Å²) in [5, 5.41) is 3.67. The van der Waals surface area contributed by atoms with Gasteiger partial charge < -0.3 is 10.1 Å². The van der Waals surface area contributed by atoms with E-state index in [9.17, 15) is 13.2 Å². The van der Waals surface area contributed by atoms with Crippen LogP contribution in [0.25, 0.3) is 10.9 Å². The number of fused-ring (bicyclic) bond motifs is 1. The summed E-state index contributed by atoms with van der Waals surface area (Å²) < 4.78 is 40.5. The lowest BCUT2D eigenvalue weighted by Crippen LogP contribution is -2.17. The van der Waals surface area contributed by atoms with Gasteiger partial charge in [-0.3, -0.25) is 4.98 Å². The van der Waals surface area contributed by atoms with E-state index in [1.165, 1.54) is 18.2 Å². The van der Waals surface area contributed by atoms with Crippen molar-refractivity contribution in [3.63, 3.8) is 0 Å². The lowest BCUT2D eigenvalue weighted by molar-refractivity contribution is -0.274. The van der Waals surface area contributed by atoms with Crippen LogP contribution in [0.1, 0.15) is 11.3 Å². The Balaban J connectivity index is 2.37. The number of ether oxygens (including phenoxy) is 1. The van der Waals surface area contributed by atoms with Crippen LogP contribution in [0.5, 0.6) is 5.75 Å². The summed E-state index contributed by atoms with van der Waals surface area (Å²) in [6.45, 7) is 2.68. The Hall–Kier alpha value is -1.82. The molecule has 0 spiro atoms. The molecule has 0 aliphatic rings. The number of alkyl halides is 3. The number of rotatable bonds is 4. The molecule has 108 valence electrons. The van der Waals surface area contributed by atoms with Gasteiger partial charge in [0.2, 0.25) is 0 Å². The minimum absolute atomic E-state index is 0.227. The molecule has 20 heavy (non-hydrogen) atoms. The van der Waals surface area contributed by atoms with Crippen LogP contribution in [-0.4, -0.2) is 24.9 Å². The highest BCUT2D eigenvalue weighted by molar-refractivity contribution is 5.81. The molecule has 1 heterocycles. The molecule has 0 saturated carbocycles. The Labute approximate surface area is 114 Å². The Kier molecular flexibility index (Phi) is 4.13. The van der Waals surface area contributed by atoms with Gasteiger partial charge in [-0.05, 0) is 56.8 Å². The Morgan fingerprint density at radius 2 is 2.00 bits per heavy atom. The molecule has 0 radical (unpaired) electrons. The van der Waals surface area contributed by atoms with Gasteiger partial charge in [0, 0.05) is 11.1 Å². The zero-order valence-corrected chi connectivity index (χ0v) is 11.2. The number of likely N-dealkylation sites (N-methyl/N-ethyl adjacent to an activating group) is 1. The molecule has 0 amide bonds. The largest absolute Gasteiger partial charge is 0.573 e. The van der Waals surface area contributed by atoms with Crippen LogP contribution in [0, 0.1) is 6.92 Å². The minimum Gasteiger partial charge on any atom is -0.406 e. The van der Waals surface area contributed by atoms with Crippen LogP contribution < -0.4 is 10.1 Å². The molecule has 6 heteroatoms. The fraction of sp³-hybridized carbons (Fsp3) is 0.357. The molecule has 0 bridgehead atoms. The van der Waals surface area contributed by atoms with Crippen LogP contribution in [0.2, 0.25) is 0 Å². The van der Waals surface area contributed by atoms with Crippen LogP contribution in [0.3, 0.4) is 0 Å². The molecule has 0 aliphatic carbocycles. The van der Waals surface area contributed by atoms with E-state index in [0.717, 1.165) is 24.2 Å². The van der Waals surface area contributed by atoms with Gasteiger partial charge in [-0.15, -0.1) is 13.2 Å². The van der Waals surface area contributed by atoms with Crippen LogP contribution in [-0.2, 0) is 6.42 Å². The second-order valence-electron chi connectivity index (χ2n) is 4.49. The maximum absolute atomic E-state index is 12.2. The Bertz CT molecular complexity index is 611. The number of aromatic nitrogens is 1. The molecule has 0 saturated heterocycles. The van der Waals surface area contributed by atoms with Gasteiger partial charge >= 0.3 is 6.36 Å². The average molecular weight is 284 g/mol. The Morgan fingerprint density at radius 3 is 2.65 bits per heavy atom. The quantitative estimate of drug-likeness (QED) is 0.936. The fourth-order valence-corrected chi connectivity index (χ4v) is 2.00. The average Bonchev–Trinajstić information content (AvgIpc) is 2.35. The topological polar surface area (TPSA) is 34.1 Å². The standard InChI is InChI=1S/C14H15F3N2O/c1-9-10(5-6-18-2)7-11-8-12(20-14(15,16)17)3-4-13(11)19-9/h3-4,7-8,18H,5-6H2,1-2H3. The summed E-state index contributed by atoms with van der Waals surface area (Å²) in [5.74, 6) is -0.227. The van der Waals surface area contributed by atoms with Gasteiger partial charge in [-0.1, -0.05) is 0 Å². The first kappa shape index (κ1) is 14.6. The first-order valence-electron chi connectivity index (χ1n) is 6.19. The van der Waals surface area contributed by atoms with Gasteiger partial charge in [0.15, 0.2) is 0 Å². The number of halogens is 3. The predicted molar refractivity (Wildman–Crippen MR) is 70.8 cm³/mol. The highest BCUT2D eigenvalue weighted by Gasteiger charge is 2.31. The van der Waals surface area contributed by atoms with E-state index in [1.54, 1.807) is 0 Å². The maximum Gasteiger partial charge on any atom is 0.573 e. The molecule has 2 rings (SSSR count). The fourth-order valence-electron chi connectivity index (χ4n) is 2.00. The van der Waals surface area contributed by atoms with E-state index < -0.39 is 6.36 Å². The maximum atomic E-state index is 12.2. The van der Waals surface area contributed by atoms with Crippen LogP contribution >= 0.6 is 0 Å². The van der Waals surface area contributed by atoms with E-state index in [4.69, 9.17) is 0 Å². The highest BCUT2D eigenvalue weighted by Crippen LogP contribution is 2.27. The SMILES string of the molecule is CNCCc1cc2cc(OC(F)(F)F)ccc2nc1C. The van der Waals surface area contributed by atoms with E-state index in [-0.39, 0.29) is 5.75 Å². The normalized spacial score (nSPS) is 11.8. The van der Waals surface area contributed by atoms with Crippen LogP contribution in [0.4, 0.5) is 13.2 Å². The van der Waals surface area contributed by atoms with Crippen molar-refractivity contribution in [3.8, 4) is 5.75 Å². The Morgan fingerprint density at radius 1 is 1.25 bits per heavy atom. The van der Waals surface area contributed by atoms with Gasteiger partial charge in [-0.2, -0.15) is 0 Å². The molecule has 1 aromatic heterocycles. The molecule has 3 nitrogen and oxygen atoms in total. The van der Waals surface area contributed by atoms with Crippen molar-refractivity contribution in [1.82, 2.24) is 10.3 Å². The van der Waals surface area contributed by atoms with Crippen molar-refractivity contribution in [2.24, 2.45) is 0 Å². The van der Waals surface area contributed by atoms with E-state index in [0.29, 0.717) is 10.9 Å². The first-order chi connectivity index (χ1) is 9.39. The summed E-state index contributed by atoms with van der Waals surface area (Å²) in [7, 11) is 1.85. The summed E-state index contributed by atoms with van der Waals surface area (Å²) in [5.41, 5.74) is 2.55. The number of hydrogen-bond acceptors (Lipinski definition) is 3. The third-order valence-corrected chi connectivity index (χ3v) is 2.96. The number of benzene rings is 1. The molecular formula is C14H15F3N2O. The second kappa shape index (κ2) is 5.66. The number of hydrogen-bond donors (Lipinski definition) is 1. The smallest absolute Gasteiger partial charge is 0.406 e. The molecule has 0 atom stereocenters. The zero-order valence-electron chi connectivity index (χ0n) is 11.2. The molecule has 1 aromatic carbocycles. The predicted octanol–water partition coefficient (Wildman–Crippen LogP) is 3.20. The van der Waals surface area contributed by atoms with E-state index >= 15 is 0 Å². The van der Waals surface area contributed by atoms with Crippen molar-refractivity contribution in [2.75, 3.05) is 13.6 Å². The van der Waals surface area contributed by atoms with Crippen molar-refractivity contribution in [3.05, 3.63) is 35.5 Å². The summed E-state index contributed by atoms with van der Waals surface area (Å²) >= 11 is 0. The first-order valence-corrected chi connectivity index (χ1v) is 6.19. The zero-order chi connectivity index (χ0) is 14.8. The summed E-state index contributed by atoms with van der Waals surface area (Å²) in [4.78, 5) is 4.40. The molecule has 1 N–H and O–H groups in total. The van der Waals surface area contributed by atoms with Crippen molar-refractivity contribution < 1.29 is 17.9 Å². The van der Waals surface area contributed by atoms with E-state index in [2.05, 4.69) is 15.0 Å².